The number of imidazole rings is 1. The van der Waals surface area contributed by atoms with Gasteiger partial charge in [0.1, 0.15) is 18.7 Å². The summed E-state index contributed by atoms with van der Waals surface area (Å²) in [6.07, 6.45) is 1.85. The summed E-state index contributed by atoms with van der Waals surface area (Å²) in [5, 5.41) is 13.5. The molecule has 3 heterocycles. The van der Waals surface area contributed by atoms with E-state index in [9.17, 15) is 9.90 Å². The first-order valence-electron chi connectivity index (χ1n) is 11.1. The molecule has 1 saturated heterocycles. The number of rotatable bonds is 6. The Hall–Kier alpha value is -2.66. The lowest BCUT2D eigenvalue weighted by molar-refractivity contribution is -0.0405. The molecule has 0 saturated carbocycles. The van der Waals surface area contributed by atoms with Gasteiger partial charge in [0.25, 0.3) is 5.91 Å². The lowest BCUT2D eigenvalue weighted by atomic mass is 10.2. The summed E-state index contributed by atoms with van der Waals surface area (Å²) < 4.78 is 14.2. The van der Waals surface area contributed by atoms with Crippen molar-refractivity contribution in [2.45, 2.75) is 63.8 Å². The fraction of sp³-hybridized carbons (Fsp3) is 0.478. The van der Waals surface area contributed by atoms with Crippen molar-refractivity contribution in [3.8, 4) is 0 Å². The Labute approximate surface area is 194 Å². The van der Waals surface area contributed by atoms with Gasteiger partial charge in [0.05, 0.1) is 19.0 Å². The van der Waals surface area contributed by atoms with Crippen LogP contribution >= 0.6 is 0 Å². The van der Waals surface area contributed by atoms with Crippen molar-refractivity contribution < 1.29 is 19.1 Å². The van der Waals surface area contributed by atoms with Crippen molar-refractivity contribution in [2.24, 2.45) is 0 Å². The van der Waals surface area contributed by atoms with Crippen LogP contribution in [0, 0.1) is 0 Å². The van der Waals surface area contributed by atoms with Gasteiger partial charge in [-0.25, -0.2) is 15.0 Å². The normalized spacial score (nSPS) is 21.5. The van der Waals surface area contributed by atoms with Crippen molar-refractivity contribution in [3.63, 3.8) is 0 Å². The maximum Gasteiger partial charge on any atom is 0.256 e. The van der Waals surface area contributed by atoms with Gasteiger partial charge < -0.3 is 19.6 Å². The molecule has 176 valence electrons. The van der Waals surface area contributed by atoms with E-state index < -0.39 is 26.8 Å². The number of aliphatic hydroxyl groups is 1. The third-order valence-electron chi connectivity index (χ3n) is 6.56. The summed E-state index contributed by atoms with van der Waals surface area (Å²) in [7, 11) is -1.96. The van der Waals surface area contributed by atoms with Crippen LogP contribution in [0.4, 0.5) is 5.82 Å². The van der Waals surface area contributed by atoms with Gasteiger partial charge in [-0.3, -0.25) is 9.36 Å². The molecule has 1 amide bonds. The first kappa shape index (κ1) is 23.5. The third kappa shape index (κ3) is 4.84. The van der Waals surface area contributed by atoms with Crippen LogP contribution in [0.15, 0.2) is 43.0 Å². The molecule has 0 unspecified atom stereocenters. The molecular formula is C23H31N5O4Si. The first-order chi connectivity index (χ1) is 15.6. The van der Waals surface area contributed by atoms with Crippen LogP contribution < -0.4 is 5.32 Å². The maximum absolute atomic E-state index is 12.6. The fourth-order valence-corrected chi connectivity index (χ4v) is 4.48. The van der Waals surface area contributed by atoms with Crippen LogP contribution in [0.1, 0.15) is 43.8 Å². The highest BCUT2D eigenvalue weighted by molar-refractivity contribution is 6.74. The first-order valence-corrected chi connectivity index (χ1v) is 14.0. The van der Waals surface area contributed by atoms with Crippen molar-refractivity contribution in [2.75, 3.05) is 11.9 Å². The number of aromatic nitrogens is 4. The Morgan fingerprint density at radius 1 is 1.24 bits per heavy atom. The quantitative estimate of drug-likeness (QED) is 0.529. The molecule has 33 heavy (non-hydrogen) atoms. The number of benzene rings is 1. The molecular weight excluding hydrogens is 438 g/mol. The lowest BCUT2D eigenvalue weighted by Gasteiger charge is -2.37. The van der Waals surface area contributed by atoms with Crippen LogP contribution in [0.25, 0.3) is 11.2 Å². The Kier molecular flexibility index (Phi) is 6.36. The number of amides is 1. The van der Waals surface area contributed by atoms with Gasteiger partial charge in [0.15, 0.2) is 25.3 Å². The molecule has 1 fully saturated rings. The third-order valence-corrected chi connectivity index (χ3v) is 11.1. The van der Waals surface area contributed by atoms with Gasteiger partial charge in [-0.2, -0.15) is 0 Å². The summed E-state index contributed by atoms with van der Waals surface area (Å²) in [5.74, 6) is 0.0458. The zero-order valence-corrected chi connectivity index (χ0v) is 20.6. The molecule has 2 N–H and O–H groups in total. The average molecular weight is 470 g/mol. The topological polar surface area (TPSA) is 111 Å². The minimum absolute atomic E-state index is 0.0774. The molecule has 3 aromatic rings. The van der Waals surface area contributed by atoms with Gasteiger partial charge in [-0.1, -0.05) is 39.0 Å². The van der Waals surface area contributed by atoms with Gasteiger partial charge in [-0.05, 0) is 30.3 Å². The van der Waals surface area contributed by atoms with Crippen molar-refractivity contribution in [3.05, 3.63) is 48.5 Å². The number of hydrogen-bond acceptors (Lipinski definition) is 7. The van der Waals surface area contributed by atoms with Crippen LogP contribution in [0.5, 0.6) is 0 Å². The summed E-state index contributed by atoms with van der Waals surface area (Å²) in [4.78, 5) is 25.5. The second-order valence-electron chi connectivity index (χ2n) is 9.87. The average Bonchev–Trinajstić information content (AvgIpc) is 3.36. The number of nitrogens with one attached hydrogen (secondary N) is 1. The van der Waals surface area contributed by atoms with E-state index in [1.54, 1.807) is 35.2 Å². The minimum atomic E-state index is -1.96. The minimum Gasteiger partial charge on any atom is -0.414 e. The number of fused-ring (bicyclic) bond motifs is 1. The smallest absolute Gasteiger partial charge is 0.256 e. The van der Waals surface area contributed by atoms with Crippen molar-refractivity contribution in [1.29, 1.82) is 0 Å². The highest BCUT2D eigenvalue weighted by Crippen LogP contribution is 2.38. The van der Waals surface area contributed by atoms with Crippen LogP contribution in [-0.4, -0.2) is 57.7 Å². The Balaban J connectivity index is 1.49. The second-order valence-corrected chi connectivity index (χ2v) is 14.7. The fourth-order valence-electron chi connectivity index (χ4n) is 3.47. The largest absolute Gasteiger partial charge is 0.414 e. The van der Waals surface area contributed by atoms with E-state index in [0.717, 1.165) is 0 Å². The van der Waals surface area contributed by atoms with Gasteiger partial charge in [0.2, 0.25) is 0 Å². The summed E-state index contributed by atoms with van der Waals surface area (Å²) in [6.45, 7) is 11.2. The molecule has 4 rings (SSSR count). The number of hydrogen-bond donors (Lipinski definition) is 2. The molecule has 0 radical (unpaired) electrons. The summed E-state index contributed by atoms with van der Waals surface area (Å²) >= 11 is 0. The van der Waals surface area contributed by atoms with Gasteiger partial charge in [-0.15, -0.1) is 0 Å². The Bertz CT molecular complexity index is 1130. The highest BCUT2D eigenvalue weighted by atomic mass is 28.4. The van der Waals surface area contributed by atoms with E-state index in [4.69, 9.17) is 9.16 Å². The number of aliphatic hydroxyl groups excluding tert-OH is 1. The maximum atomic E-state index is 12.6. The Morgan fingerprint density at radius 2 is 1.97 bits per heavy atom. The predicted octanol–water partition coefficient (Wildman–Crippen LogP) is 3.75. The predicted molar refractivity (Wildman–Crippen MR) is 127 cm³/mol. The number of nitrogens with zero attached hydrogens (tertiary/aromatic N) is 4. The van der Waals surface area contributed by atoms with E-state index in [2.05, 4.69) is 54.1 Å². The molecule has 0 bridgehead atoms. The van der Waals surface area contributed by atoms with Crippen LogP contribution in [0.2, 0.25) is 18.1 Å². The molecule has 1 aliphatic rings. The number of carbonyl (C=O) groups is 1. The molecule has 2 aromatic heterocycles. The second kappa shape index (κ2) is 8.94. The molecule has 0 aliphatic carbocycles. The SMILES string of the molecule is CC(C)(C)[Si](C)(C)OC[C@@H]1O[C@H](n2cnc3c(NC(=O)c4ccccc4)ncnc32)C[C@H]1O. The van der Waals surface area contributed by atoms with Crippen LogP contribution in [0.3, 0.4) is 0 Å². The van der Waals surface area contributed by atoms with E-state index in [-0.39, 0.29) is 10.9 Å². The van der Waals surface area contributed by atoms with Crippen molar-refractivity contribution >= 4 is 31.2 Å². The molecule has 0 spiro atoms. The molecule has 3 atom stereocenters. The standard InChI is InChI=1S/C23H31N5O4Si/c1-23(2,3)33(4,5)31-12-17-16(29)11-18(32-17)28-14-26-19-20(24-13-25-21(19)28)27-22(30)15-9-7-6-8-10-15/h6-10,13-14,16-18,29H,11-12H2,1-5H3,(H,24,25,27,30)/t16-,17+,18+/m1/s1. The molecule has 9 nitrogen and oxygen atoms in total. The van der Waals surface area contributed by atoms with E-state index >= 15 is 0 Å². The van der Waals surface area contributed by atoms with Gasteiger partial charge >= 0.3 is 0 Å². The zero-order valence-electron chi connectivity index (χ0n) is 19.6. The van der Waals surface area contributed by atoms with Gasteiger partial charge in [0, 0.05) is 12.0 Å². The van der Waals surface area contributed by atoms with E-state index in [1.807, 2.05) is 6.07 Å². The molecule has 10 heteroatoms. The van der Waals surface area contributed by atoms with E-state index in [1.165, 1.54) is 6.33 Å². The molecule has 1 aliphatic heterocycles. The van der Waals surface area contributed by atoms with Crippen molar-refractivity contribution in [1.82, 2.24) is 19.5 Å². The molecule has 1 aromatic carbocycles. The summed E-state index contributed by atoms with van der Waals surface area (Å²) in [6, 6.07) is 8.90. The number of carbonyl (C=O) groups excluding carboxylic acids is 1. The summed E-state index contributed by atoms with van der Waals surface area (Å²) in [5.41, 5.74) is 1.51. The Morgan fingerprint density at radius 3 is 2.67 bits per heavy atom. The van der Waals surface area contributed by atoms with Crippen LogP contribution in [-0.2, 0) is 9.16 Å². The number of ether oxygens (including phenoxy) is 1. The van der Waals surface area contributed by atoms with E-state index in [0.29, 0.717) is 35.6 Å². The monoisotopic (exact) mass is 469 g/mol. The number of anilines is 1. The highest BCUT2D eigenvalue weighted by Gasteiger charge is 2.41. The lowest BCUT2D eigenvalue weighted by Crippen LogP contribution is -2.43. The zero-order chi connectivity index (χ0) is 23.8.